The van der Waals surface area contributed by atoms with Crippen LogP contribution in [0.4, 0.5) is 5.69 Å². The number of nitrogens with zero attached hydrogens (tertiary/aromatic N) is 3. The highest BCUT2D eigenvalue weighted by Crippen LogP contribution is 2.21. The zero-order valence-corrected chi connectivity index (χ0v) is 10.00. The lowest BCUT2D eigenvalue weighted by atomic mass is 10.3. The van der Waals surface area contributed by atoms with Crippen molar-refractivity contribution in [2.24, 2.45) is 0 Å². The second-order valence-electron chi connectivity index (χ2n) is 4.17. The first-order valence-corrected chi connectivity index (χ1v) is 5.17. The Labute approximate surface area is 100 Å². The molecule has 0 bridgehead atoms. The van der Waals surface area contributed by atoms with E-state index in [1.807, 2.05) is 12.1 Å². The minimum atomic E-state index is 0. The van der Waals surface area contributed by atoms with Gasteiger partial charge in [0.1, 0.15) is 5.82 Å². The third-order valence-corrected chi connectivity index (χ3v) is 2.97. The van der Waals surface area contributed by atoms with Gasteiger partial charge in [-0.2, -0.15) is 0 Å². The molecule has 3 rings (SSSR count). The van der Waals surface area contributed by atoms with Crippen LogP contribution in [-0.2, 0) is 13.1 Å². The zero-order chi connectivity index (χ0) is 10.4. The molecule has 2 N–H and O–H groups in total. The molecule has 1 aromatic heterocycles. The van der Waals surface area contributed by atoms with E-state index in [4.69, 9.17) is 5.73 Å². The molecular weight excluding hydrogens is 224 g/mol. The molecule has 2 heterocycles. The van der Waals surface area contributed by atoms with E-state index in [1.165, 1.54) is 5.52 Å². The van der Waals surface area contributed by atoms with Gasteiger partial charge < -0.3 is 10.3 Å². The summed E-state index contributed by atoms with van der Waals surface area (Å²) < 4.78 is 2.29. The number of fused-ring (bicyclic) bond motifs is 3. The predicted molar refractivity (Wildman–Crippen MR) is 67.7 cm³/mol. The standard InChI is InChI=1S/C11H14N4.ClH/c1-14-4-5-15-10-3-2-8(12)6-9(10)13-11(15)7-14;/h2-3,6H,4-5,7,12H2,1H3;1H. The Morgan fingerprint density at radius 2 is 2.12 bits per heavy atom. The number of aromatic nitrogens is 2. The van der Waals surface area contributed by atoms with Crippen molar-refractivity contribution in [3.63, 3.8) is 0 Å². The van der Waals surface area contributed by atoms with E-state index < -0.39 is 0 Å². The van der Waals surface area contributed by atoms with E-state index in [0.29, 0.717) is 0 Å². The van der Waals surface area contributed by atoms with Gasteiger partial charge in [-0.25, -0.2) is 4.98 Å². The van der Waals surface area contributed by atoms with Crippen LogP contribution in [0.15, 0.2) is 18.2 Å². The smallest absolute Gasteiger partial charge is 0.124 e. The average molecular weight is 239 g/mol. The van der Waals surface area contributed by atoms with Crippen LogP contribution in [0.2, 0.25) is 0 Å². The molecule has 0 radical (unpaired) electrons. The van der Waals surface area contributed by atoms with Gasteiger partial charge in [-0.05, 0) is 25.2 Å². The van der Waals surface area contributed by atoms with Gasteiger partial charge >= 0.3 is 0 Å². The number of imidazole rings is 1. The van der Waals surface area contributed by atoms with Crippen molar-refractivity contribution in [2.75, 3.05) is 19.3 Å². The van der Waals surface area contributed by atoms with Crippen LogP contribution >= 0.6 is 12.4 Å². The highest BCUT2D eigenvalue weighted by Gasteiger charge is 2.17. The number of benzene rings is 1. The largest absolute Gasteiger partial charge is 0.399 e. The van der Waals surface area contributed by atoms with Gasteiger partial charge in [-0.3, -0.25) is 4.90 Å². The van der Waals surface area contributed by atoms with Crippen LogP contribution < -0.4 is 5.73 Å². The van der Waals surface area contributed by atoms with Crippen molar-refractivity contribution < 1.29 is 0 Å². The van der Waals surface area contributed by atoms with Crippen molar-refractivity contribution >= 4 is 29.1 Å². The first-order chi connectivity index (χ1) is 7.24. The van der Waals surface area contributed by atoms with E-state index in [2.05, 4.69) is 27.6 Å². The van der Waals surface area contributed by atoms with Gasteiger partial charge in [0, 0.05) is 18.8 Å². The summed E-state index contributed by atoms with van der Waals surface area (Å²) in [6.45, 7) is 3.03. The molecule has 1 aromatic carbocycles. The van der Waals surface area contributed by atoms with Crippen LogP contribution in [0.1, 0.15) is 5.82 Å². The molecule has 2 aromatic rings. The number of anilines is 1. The third-order valence-electron chi connectivity index (χ3n) is 2.97. The second kappa shape index (κ2) is 3.96. The number of rotatable bonds is 0. The Balaban J connectivity index is 0.000000963. The monoisotopic (exact) mass is 238 g/mol. The quantitative estimate of drug-likeness (QED) is 0.708. The van der Waals surface area contributed by atoms with Gasteiger partial charge in [0.05, 0.1) is 17.6 Å². The van der Waals surface area contributed by atoms with E-state index in [0.717, 1.165) is 36.7 Å². The van der Waals surface area contributed by atoms with Crippen LogP contribution in [0.5, 0.6) is 0 Å². The third kappa shape index (κ3) is 1.64. The number of nitrogens with two attached hydrogens (primary N) is 1. The fourth-order valence-corrected chi connectivity index (χ4v) is 2.16. The minimum Gasteiger partial charge on any atom is -0.399 e. The molecule has 5 heteroatoms. The zero-order valence-electron chi connectivity index (χ0n) is 9.18. The molecule has 0 saturated heterocycles. The Morgan fingerprint density at radius 3 is 2.94 bits per heavy atom. The van der Waals surface area contributed by atoms with Gasteiger partial charge in [-0.1, -0.05) is 0 Å². The van der Waals surface area contributed by atoms with Crippen LogP contribution in [0.3, 0.4) is 0 Å². The highest BCUT2D eigenvalue weighted by atomic mass is 35.5. The molecule has 86 valence electrons. The van der Waals surface area contributed by atoms with Gasteiger partial charge in [0.25, 0.3) is 0 Å². The maximum Gasteiger partial charge on any atom is 0.124 e. The Kier molecular flexibility index (Phi) is 2.78. The molecule has 0 unspecified atom stereocenters. The highest BCUT2D eigenvalue weighted by molar-refractivity contribution is 5.85. The van der Waals surface area contributed by atoms with Crippen molar-refractivity contribution in [2.45, 2.75) is 13.1 Å². The molecule has 0 aliphatic carbocycles. The topological polar surface area (TPSA) is 47.1 Å². The molecule has 1 aliphatic rings. The molecule has 0 spiro atoms. The summed E-state index contributed by atoms with van der Waals surface area (Å²) >= 11 is 0. The van der Waals surface area contributed by atoms with Crippen molar-refractivity contribution in [1.82, 2.24) is 14.5 Å². The fourth-order valence-electron chi connectivity index (χ4n) is 2.16. The molecule has 1 aliphatic heterocycles. The molecule has 0 fully saturated rings. The number of likely N-dealkylation sites (N-methyl/N-ethyl adjacent to an activating group) is 1. The van der Waals surface area contributed by atoms with E-state index in [9.17, 15) is 0 Å². The Bertz CT molecular complexity index is 520. The van der Waals surface area contributed by atoms with Crippen molar-refractivity contribution in [3.8, 4) is 0 Å². The van der Waals surface area contributed by atoms with Crippen LogP contribution in [0, 0.1) is 0 Å². The molecule has 0 saturated carbocycles. The maximum atomic E-state index is 5.75. The van der Waals surface area contributed by atoms with Gasteiger partial charge in [0.2, 0.25) is 0 Å². The number of halogens is 1. The predicted octanol–water partition coefficient (Wildman–Crippen LogP) is 1.49. The summed E-state index contributed by atoms with van der Waals surface area (Å²) in [6, 6.07) is 5.95. The number of hydrogen-bond acceptors (Lipinski definition) is 3. The van der Waals surface area contributed by atoms with Crippen LogP contribution in [0.25, 0.3) is 11.0 Å². The summed E-state index contributed by atoms with van der Waals surface area (Å²) in [6.07, 6.45) is 0. The first-order valence-electron chi connectivity index (χ1n) is 5.17. The SMILES string of the molecule is CN1CCn2c(nc3cc(N)ccc32)C1.Cl. The van der Waals surface area contributed by atoms with E-state index in [-0.39, 0.29) is 12.4 Å². The normalized spacial score (nSPS) is 15.8. The first kappa shape index (κ1) is 11.2. The average Bonchev–Trinajstić information content (AvgIpc) is 2.53. The van der Waals surface area contributed by atoms with Gasteiger partial charge in [-0.15, -0.1) is 12.4 Å². The van der Waals surface area contributed by atoms with E-state index >= 15 is 0 Å². The summed E-state index contributed by atoms with van der Waals surface area (Å²) in [5.41, 5.74) is 8.75. The lowest BCUT2D eigenvalue weighted by Crippen LogP contribution is -2.30. The second-order valence-corrected chi connectivity index (χ2v) is 4.17. The molecule has 0 amide bonds. The maximum absolute atomic E-state index is 5.75. The molecule has 16 heavy (non-hydrogen) atoms. The number of hydrogen-bond donors (Lipinski definition) is 1. The number of nitrogen functional groups attached to an aromatic ring is 1. The lowest BCUT2D eigenvalue weighted by Gasteiger charge is -2.23. The van der Waals surface area contributed by atoms with Crippen LogP contribution in [-0.4, -0.2) is 28.0 Å². The summed E-state index contributed by atoms with van der Waals surface area (Å²) in [7, 11) is 2.12. The van der Waals surface area contributed by atoms with Crippen molar-refractivity contribution in [1.29, 1.82) is 0 Å². The molecule has 0 atom stereocenters. The molecular formula is C11H15ClN4. The Morgan fingerprint density at radius 1 is 1.31 bits per heavy atom. The summed E-state index contributed by atoms with van der Waals surface area (Å²) in [5, 5.41) is 0. The van der Waals surface area contributed by atoms with Gasteiger partial charge in [0.15, 0.2) is 0 Å². The lowest BCUT2D eigenvalue weighted by molar-refractivity contribution is 0.267. The van der Waals surface area contributed by atoms with Crippen molar-refractivity contribution in [3.05, 3.63) is 24.0 Å². The summed E-state index contributed by atoms with van der Waals surface area (Å²) in [5.74, 6) is 1.14. The molecule has 4 nitrogen and oxygen atoms in total. The summed E-state index contributed by atoms with van der Waals surface area (Å²) in [4.78, 5) is 6.89. The van der Waals surface area contributed by atoms with E-state index in [1.54, 1.807) is 0 Å². The fraction of sp³-hybridized carbons (Fsp3) is 0.364. The Hall–Kier alpha value is -1.26. The minimum absolute atomic E-state index is 0.